The maximum atomic E-state index is 11.5. The van der Waals surface area contributed by atoms with Crippen molar-refractivity contribution in [3.63, 3.8) is 0 Å². The molecule has 0 saturated carbocycles. The van der Waals surface area contributed by atoms with Crippen LogP contribution in [0.15, 0.2) is 0 Å². The highest BCUT2D eigenvalue weighted by Crippen LogP contribution is 2.28. The smallest absolute Gasteiger partial charge is 0.219 e. The maximum Gasteiger partial charge on any atom is 0.219 e. The summed E-state index contributed by atoms with van der Waals surface area (Å²) in [6, 6.07) is 0. The summed E-state index contributed by atoms with van der Waals surface area (Å²) < 4.78 is 0. The zero-order chi connectivity index (χ0) is 15.0. The third-order valence-corrected chi connectivity index (χ3v) is 4.54. The van der Waals surface area contributed by atoms with Crippen molar-refractivity contribution in [3.05, 3.63) is 17.1 Å². The molecule has 0 radical (unpaired) electrons. The zero-order valence-corrected chi connectivity index (χ0v) is 12.8. The van der Waals surface area contributed by atoms with Crippen LogP contribution in [0.1, 0.15) is 42.8 Å². The van der Waals surface area contributed by atoms with Crippen molar-refractivity contribution < 1.29 is 4.79 Å². The normalized spacial score (nSPS) is 23.0. The molecule has 3 heterocycles. The number of hydrogen-bond donors (Lipinski definition) is 1. The van der Waals surface area contributed by atoms with Crippen LogP contribution in [0.3, 0.4) is 0 Å². The van der Waals surface area contributed by atoms with E-state index in [0.29, 0.717) is 18.3 Å². The molecule has 0 aliphatic carbocycles. The van der Waals surface area contributed by atoms with E-state index in [9.17, 15) is 4.79 Å². The fourth-order valence-corrected chi connectivity index (χ4v) is 3.29. The lowest BCUT2D eigenvalue weighted by Crippen LogP contribution is -2.36. The lowest BCUT2D eigenvalue weighted by molar-refractivity contribution is -0.129. The number of nitrogen functional groups attached to an aromatic ring is 1. The minimum absolute atomic E-state index is 0.0815. The summed E-state index contributed by atoms with van der Waals surface area (Å²) in [5.41, 5.74) is 8.11. The first-order valence-corrected chi connectivity index (χ1v) is 7.64. The zero-order valence-electron chi connectivity index (χ0n) is 12.8. The van der Waals surface area contributed by atoms with Crippen molar-refractivity contribution in [1.82, 2.24) is 19.8 Å². The summed E-state index contributed by atoms with van der Waals surface area (Å²) in [4.78, 5) is 24.9. The fourth-order valence-electron chi connectivity index (χ4n) is 3.29. The highest BCUT2D eigenvalue weighted by molar-refractivity contribution is 5.73. The summed E-state index contributed by atoms with van der Waals surface area (Å²) in [5.74, 6) is 1.89. The summed E-state index contributed by atoms with van der Waals surface area (Å²) in [5, 5.41) is 0. The Hall–Kier alpha value is -1.69. The van der Waals surface area contributed by atoms with E-state index in [4.69, 9.17) is 10.7 Å². The Morgan fingerprint density at radius 2 is 2.14 bits per heavy atom. The number of fused-ring (bicyclic) bond motifs is 1. The average molecular weight is 289 g/mol. The number of carbonyl (C=O) groups excluding carboxylic acids is 1. The third-order valence-electron chi connectivity index (χ3n) is 4.54. The molecule has 6 heteroatoms. The van der Waals surface area contributed by atoms with Gasteiger partial charge in [0.1, 0.15) is 11.6 Å². The van der Waals surface area contributed by atoms with Crippen LogP contribution in [-0.2, 0) is 17.8 Å². The second-order valence-electron chi connectivity index (χ2n) is 6.18. The number of anilines is 1. The van der Waals surface area contributed by atoms with E-state index in [1.165, 1.54) is 6.42 Å². The van der Waals surface area contributed by atoms with Gasteiger partial charge in [-0.2, -0.15) is 0 Å². The van der Waals surface area contributed by atoms with Crippen molar-refractivity contribution in [2.24, 2.45) is 0 Å². The molecule has 114 valence electrons. The highest BCUT2D eigenvalue weighted by atomic mass is 16.2. The van der Waals surface area contributed by atoms with Gasteiger partial charge in [-0.25, -0.2) is 9.97 Å². The predicted octanol–water partition coefficient (Wildman–Crippen LogP) is 0.773. The van der Waals surface area contributed by atoms with Gasteiger partial charge in [-0.15, -0.1) is 0 Å². The molecule has 2 aliphatic rings. The van der Waals surface area contributed by atoms with E-state index < -0.39 is 0 Å². The van der Waals surface area contributed by atoms with Gasteiger partial charge in [-0.1, -0.05) is 0 Å². The van der Waals surface area contributed by atoms with E-state index >= 15 is 0 Å². The molecule has 6 nitrogen and oxygen atoms in total. The quantitative estimate of drug-likeness (QED) is 0.826. The first kappa shape index (κ1) is 14.3. The number of hydrogen-bond acceptors (Lipinski definition) is 5. The van der Waals surface area contributed by atoms with Crippen LogP contribution in [-0.4, -0.2) is 52.4 Å². The molecule has 1 amide bonds. The van der Waals surface area contributed by atoms with Gasteiger partial charge in [-0.05, 0) is 26.4 Å². The molecule has 1 aromatic heterocycles. The van der Waals surface area contributed by atoms with Gasteiger partial charge in [0.05, 0.1) is 12.2 Å². The van der Waals surface area contributed by atoms with Crippen LogP contribution in [0.4, 0.5) is 5.82 Å². The van der Waals surface area contributed by atoms with Gasteiger partial charge in [0.15, 0.2) is 0 Å². The number of piperidine rings is 1. The first-order chi connectivity index (χ1) is 10.0. The Morgan fingerprint density at radius 3 is 2.86 bits per heavy atom. The number of amides is 1. The summed E-state index contributed by atoms with van der Waals surface area (Å²) >= 11 is 0. The van der Waals surface area contributed by atoms with Gasteiger partial charge in [0.2, 0.25) is 5.91 Å². The number of aromatic nitrogens is 2. The van der Waals surface area contributed by atoms with E-state index in [1.807, 2.05) is 0 Å². The van der Waals surface area contributed by atoms with Crippen molar-refractivity contribution in [3.8, 4) is 0 Å². The highest BCUT2D eigenvalue weighted by Gasteiger charge is 2.26. The van der Waals surface area contributed by atoms with Gasteiger partial charge in [-0.3, -0.25) is 4.79 Å². The minimum atomic E-state index is 0.0815. The summed E-state index contributed by atoms with van der Waals surface area (Å²) in [6.07, 6.45) is 3.08. The van der Waals surface area contributed by atoms with E-state index in [-0.39, 0.29) is 5.91 Å². The molecular formula is C15H23N5O. The molecule has 3 rings (SSSR count). The Labute approximate surface area is 125 Å². The topological polar surface area (TPSA) is 75.4 Å². The number of likely N-dealkylation sites (tertiary alicyclic amines) is 1. The van der Waals surface area contributed by atoms with Gasteiger partial charge in [0, 0.05) is 37.9 Å². The molecule has 21 heavy (non-hydrogen) atoms. The molecule has 2 N–H and O–H groups in total. The molecular weight excluding hydrogens is 266 g/mol. The number of carbonyl (C=O) groups is 1. The molecule has 1 fully saturated rings. The molecule has 0 spiro atoms. The van der Waals surface area contributed by atoms with E-state index in [1.54, 1.807) is 11.8 Å². The van der Waals surface area contributed by atoms with Crippen molar-refractivity contribution >= 4 is 11.7 Å². The second kappa shape index (κ2) is 5.60. The molecule has 1 unspecified atom stereocenters. The van der Waals surface area contributed by atoms with Crippen molar-refractivity contribution in [2.75, 3.05) is 32.4 Å². The summed E-state index contributed by atoms with van der Waals surface area (Å²) in [7, 11) is 2.14. The fraction of sp³-hybridized carbons (Fsp3) is 0.667. The maximum absolute atomic E-state index is 11.5. The largest absolute Gasteiger partial charge is 0.383 e. The van der Waals surface area contributed by atoms with Gasteiger partial charge >= 0.3 is 0 Å². The number of likely N-dealkylation sites (N-methyl/N-ethyl adjacent to an activating group) is 1. The van der Waals surface area contributed by atoms with E-state index in [2.05, 4.69) is 16.9 Å². The van der Waals surface area contributed by atoms with Gasteiger partial charge < -0.3 is 15.5 Å². The van der Waals surface area contributed by atoms with Crippen LogP contribution in [0.2, 0.25) is 0 Å². The van der Waals surface area contributed by atoms with Crippen molar-refractivity contribution in [1.29, 1.82) is 0 Å². The average Bonchev–Trinajstić information content (AvgIpc) is 2.46. The van der Waals surface area contributed by atoms with Crippen molar-refractivity contribution in [2.45, 2.75) is 38.6 Å². The summed E-state index contributed by atoms with van der Waals surface area (Å²) in [6.45, 7) is 5.00. The third kappa shape index (κ3) is 2.85. The minimum Gasteiger partial charge on any atom is -0.383 e. The van der Waals surface area contributed by atoms with E-state index in [0.717, 1.165) is 49.6 Å². The number of rotatable bonds is 1. The van der Waals surface area contributed by atoms with Crippen LogP contribution in [0.5, 0.6) is 0 Å². The molecule has 1 saturated heterocycles. The number of nitrogens with zero attached hydrogens (tertiary/aromatic N) is 4. The SMILES string of the molecule is CC(=O)N1CCc2nc(C3CCCN(C)C3)nc(N)c2C1. The molecule has 0 bridgehead atoms. The molecule has 2 aliphatic heterocycles. The molecule has 0 aromatic carbocycles. The Bertz CT molecular complexity index is 559. The predicted molar refractivity (Wildman–Crippen MR) is 80.7 cm³/mol. The van der Waals surface area contributed by atoms with Crippen LogP contribution in [0.25, 0.3) is 0 Å². The molecule has 1 atom stereocenters. The standard InChI is InChI=1S/C15H23N5O/c1-10(21)20-7-5-13-12(9-20)14(16)18-15(17-13)11-4-3-6-19(2)8-11/h11H,3-9H2,1-2H3,(H2,16,17,18). The first-order valence-electron chi connectivity index (χ1n) is 7.64. The van der Waals surface area contributed by atoms with Crippen LogP contribution >= 0.6 is 0 Å². The second-order valence-corrected chi connectivity index (χ2v) is 6.18. The number of nitrogens with two attached hydrogens (primary N) is 1. The Balaban J connectivity index is 1.86. The lowest BCUT2D eigenvalue weighted by atomic mass is 9.96. The molecule has 1 aromatic rings. The van der Waals surface area contributed by atoms with Crippen LogP contribution < -0.4 is 5.73 Å². The van der Waals surface area contributed by atoms with Gasteiger partial charge in [0.25, 0.3) is 0 Å². The lowest BCUT2D eigenvalue weighted by Gasteiger charge is -2.31. The Morgan fingerprint density at radius 1 is 1.33 bits per heavy atom. The Kier molecular flexibility index (Phi) is 3.80. The van der Waals surface area contributed by atoms with Crippen LogP contribution in [0, 0.1) is 0 Å². The monoisotopic (exact) mass is 289 g/mol.